The standard InChI is InChI=1S/C9H19N7/c1-15-4-6-16(7-5-15)3-2-11-9-12-8(10)13-14-9/h2-7H2,1H3,(H4,10,11,12,13,14). The van der Waals surface area contributed by atoms with Gasteiger partial charge in [0.2, 0.25) is 11.9 Å². The molecule has 2 rings (SSSR count). The van der Waals surface area contributed by atoms with Gasteiger partial charge in [-0.15, -0.1) is 5.10 Å². The van der Waals surface area contributed by atoms with Crippen LogP contribution in [0, 0.1) is 0 Å². The van der Waals surface area contributed by atoms with E-state index in [0.29, 0.717) is 11.9 Å². The number of H-pyrrole nitrogens is 1. The molecule has 0 aromatic carbocycles. The molecule has 16 heavy (non-hydrogen) atoms. The van der Waals surface area contributed by atoms with Crippen molar-refractivity contribution >= 4 is 11.9 Å². The maximum Gasteiger partial charge on any atom is 0.243 e. The fraction of sp³-hybridized carbons (Fsp3) is 0.778. The summed E-state index contributed by atoms with van der Waals surface area (Å²) in [7, 11) is 2.16. The predicted molar refractivity (Wildman–Crippen MR) is 63.2 cm³/mol. The second-order valence-corrected chi connectivity index (χ2v) is 4.12. The molecule has 1 aliphatic rings. The molecule has 1 aliphatic heterocycles. The van der Waals surface area contributed by atoms with Gasteiger partial charge in [-0.25, -0.2) is 5.10 Å². The van der Waals surface area contributed by atoms with Crippen LogP contribution in [0.25, 0.3) is 0 Å². The number of nitrogens with two attached hydrogens (primary N) is 1. The van der Waals surface area contributed by atoms with Crippen molar-refractivity contribution in [2.45, 2.75) is 0 Å². The third kappa shape index (κ3) is 3.07. The molecular weight excluding hydrogens is 206 g/mol. The number of hydrogen-bond acceptors (Lipinski definition) is 6. The largest absolute Gasteiger partial charge is 0.368 e. The molecule has 0 spiro atoms. The first kappa shape index (κ1) is 11.2. The topological polar surface area (TPSA) is 86.1 Å². The highest BCUT2D eigenvalue weighted by atomic mass is 15.3. The van der Waals surface area contributed by atoms with Crippen LogP contribution in [0.5, 0.6) is 0 Å². The molecule has 1 fully saturated rings. The van der Waals surface area contributed by atoms with Crippen LogP contribution in [0.4, 0.5) is 11.9 Å². The third-order valence-corrected chi connectivity index (χ3v) is 2.81. The fourth-order valence-corrected chi connectivity index (χ4v) is 1.75. The lowest BCUT2D eigenvalue weighted by atomic mass is 10.3. The summed E-state index contributed by atoms with van der Waals surface area (Å²) in [6.07, 6.45) is 0. The van der Waals surface area contributed by atoms with Crippen molar-refractivity contribution in [2.75, 3.05) is 57.4 Å². The van der Waals surface area contributed by atoms with E-state index in [9.17, 15) is 0 Å². The average molecular weight is 225 g/mol. The van der Waals surface area contributed by atoms with E-state index in [4.69, 9.17) is 5.73 Å². The summed E-state index contributed by atoms with van der Waals surface area (Å²) in [6, 6.07) is 0. The molecule has 1 aromatic rings. The van der Waals surface area contributed by atoms with E-state index in [1.807, 2.05) is 0 Å². The Labute approximate surface area is 95.0 Å². The Balaban J connectivity index is 1.64. The Hall–Kier alpha value is -1.34. The number of likely N-dealkylation sites (N-methyl/N-ethyl adjacent to an activating group) is 1. The molecule has 0 aliphatic carbocycles. The Morgan fingerprint density at radius 3 is 2.75 bits per heavy atom. The second kappa shape index (κ2) is 5.13. The Morgan fingerprint density at radius 2 is 2.12 bits per heavy atom. The maximum atomic E-state index is 5.42. The molecule has 0 saturated carbocycles. The van der Waals surface area contributed by atoms with Gasteiger partial charge in [-0.05, 0) is 7.05 Å². The summed E-state index contributed by atoms with van der Waals surface area (Å²) in [4.78, 5) is 8.76. The highest BCUT2D eigenvalue weighted by Crippen LogP contribution is 2.00. The number of aromatic nitrogens is 3. The van der Waals surface area contributed by atoms with Crippen molar-refractivity contribution in [1.82, 2.24) is 25.0 Å². The summed E-state index contributed by atoms with van der Waals surface area (Å²) < 4.78 is 0. The number of hydrogen-bond donors (Lipinski definition) is 3. The first-order valence-electron chi connectivity index (χ1n) is 5.57. The molecule has 1 saturated heterocycles. The summed E-state index contributed by atoms with van der Waals surface area (Å²) in [5.41, 5.74) is 5.42. The number of nitrogens with one attached hydrogen (secondary N) is 2. The van der Waals surface area contributed by atoms with Gasteiger partial charge in [0.15, 0.2) is 0 Å². The summed E-state index contributed by atoms with van der Waals surface area (Å²) in [5, 5.41) is 9.64. The summed E-state index contributed by atoms with van der Waals surface area (Å²) >= 11 is 0. The Kier molecular flexibility index (Phi) is 3.58. The van der Waals surface area contributed by atoms with E-state index >= 15 is 0 Å². The van der Waals surface area contributed by atoms with Crippen molar-refractivity contribution in [2.24, 2.45) is 0 Å². The van der Waals surface area contributed by atoms with E-state index in [-0.39, 0.29) is 0 Å². The maximum absolute atomic E-state index is 5.42. The van der Waals surface area contributed by atoms with Crippen LogP contribution in [0.15, 0.2) is 0 Å². The first-order valence-corrected chi connectivity index (χ1v) is 5.57. The third-order valence-electron chi connectivity index (χ3n) is 2.81. The summed E-state index contributed by atoms with van der Waals surface area (Å²) in [6.45, 7) is 6.42. The molecule has 7 heteroatoms. The van der Waals surface area contributed by atoms with Crippen LogP contribution < -0.4 is 11.1 Å². The molecule has 0 radical (unpaired) electrons. The number of nitrogen functional groups attached to an aromatic ring is 1. The van der Waals surface area contributed by atoms with Gasteiger partial charge in [0, 0.05) is 39.3 Å². The zero-order valence-corrected chi connectivity index (χ0v) is 9.61. The fourth-order valence-electron chi connectivity index (χ4n) is 1.75. The Bertz CT molecular complexity index is 315. The number of nitrogens with zero attached hydrogens (tertiary/aromatic N) is 4. The number of piperazine rings is 1. The van der Waals surface area contributed by atoms with Crippen LogP contribution in [0.1, 0.15) is 0 Å². The van der Waals surface area contributed by atoms with Crippen LogP contribution in [0.2, 0.25) is 0 Å². The van der Waals surface area contributed by atoms with Gasteiger partial charge in [-0.3, -0.25) is 4.90 Å². The zero-order chi connectivity index (χ0) is 11.4. The molecule has 2 heterocycles. The van der Waals surface area contributed by atoms with Crippen molar-refractivity contribution in [3.63, 3.8) is 0 Å². The molecule has 0 amide bonds. The van der Waals surface area contributed by atoms with E-state index in [1.165, 1.54) is 0 Å². The quantitative estimate of drug-likeness (QED) is 0.612. The van der Waals surface area contributed by atoms with Crippen molar-refractivity contribution < 1.29 is 0 Å². The minimum Gasteiger partial charge on any atom is -0.368 e. The van der Waals surface area contributed by atoms with Crippen LogP contribution in [-0.4, -0.2) is 71.3 Å². The number of rotatable bonds is 4. The molecule has 0 unspecified atom stereocenters. The van der Waals surface area contributed by atoms with Gasteiger partial charge in [0.1, 0.15) is 0 Å². The Morgan fingerprint density at radius 1 is 1.38 bits per heavy atom. The van der Waals surface area contributed by atoms with Crippen molar-refractivity contribution in [3.8, 4) is 0 Å². The minimum absolute atomic E-state index is 0.349. The molecule has 4 N–H and O–H groups in total. The van der Waals surface area contributed by atoms with Gasteiger partial charge in [-0.1, -0.05) is 0 Å². The van der Waals surface area contributed by atoms with Gasteiger partial charge in [-0.2, -0.15) is 4.98 Å². The number of aromatic amines is 1. The zero-order valence-electron chi connectivity index (χ0n) is 9.61. The molecule has 0 atom stereocenters. The SMILES string of the molecule is CN1CCN(CCNc2n[nH]c(N)n2)CC1. The second-order valence-electron chi connectivity index (χ2n) is 4.12. The number of anilines is 2. The normalized spacial score (nSPS) is 18.8. The van der Waals surface area contributed by atoms with Gasteiger partial charge >= 0.3 is 0 Å². The highest BCUT2D eigenvalue weighted by molar-refractivity contribution is 5.29. The molecule has 7 nitrogen and oxygen atoms in total. The van der Waals surface area contributed by atoms with Crippen LogP contribution in [0.3, 0.4) is 0 Å². The van der Waals surface area contributed by atoms with Gasteiger partial charge in [0.25, 0.3) is 0 Å². The minimum atomic E-state index is 0.349. The van der Waals surface area contributed by atoms with Gasteiger partial charge < -0.3 is 16.0 Å². The smallest absolute Gasteiger partial charge is 0.243 e. The molecule has 1 aromatic heterocycles. The lowest BCUT2D eigenvalue weighted by Gasteiger charge is -2.32. The highest BCUT2D eigenvalue weighted by Gasteiger charge is 2.12. The first-order chi connectivity index (χ1) is 7.74. The van der Waals surface area contributed by atoms with E-state index in [1.54, 1.807) is 0 Å². The molecule has 0 bridgehead atoms. The van der Waals surface area contributed by atoms with Crippen LogP contribution in [-0.2, 0) is 0 Å². The molecular formula is C9H19N7. The average Bonchev–Trinajstić information content (AvgIpc) is 2.67. The lowest BCUT2D eigenvalue weighted by Crippen LogP contribution is -2.45. The van der Waals surface area contributed by atoms with Crippen molar-refractivity contribution in [1.29, 1.82) is 0 Å². The summed E-state index contributed by atoms with van der Waals surface area (Å²) in [5.74, 6) is 0.925. The van der Waals surface area contributed by atoms with Crippen molar-refractivity contribution in [3.05, 3.63) is 0 Å². The van der Waals surface area contributed by atoms with E-state index < -0.39 is 0 Å². The predicted octanol–water partition coefficient (Wildman–Crippen LogP) is -0.954. The van der Waals surface area contributed by atoms with Gasteiger partial charge in [0.05, 0.1) is 0 Å². The molecule has 90 valence electrons. The lowest BCUT2D eigenvalue weighted by molar-refractivity contribution is 0.158. The van der Waals surface area contributed by atoms with E-state index in [0.717, 1.165) is 39.3 Å². The van der Waals surface area contributed by atoms with E-state index in [2.05, 4.69) is 37.3 Å². The monoisotopic (exact) mass is 225 g/mol. The van der Waals surface area contributed by atoms with Crippen LogP contribution >= 0.6 is 0 Å².